The van der Waals surface area contributed by atoms with Crippen LogP contribution in [-0.2, 0) is 0 Å². The van der Waals surface area contributed by atoms with Crippen molar-refractivity contribution in [1.82, 2.24) is 10.3 Å². The molecule has 0 aliphatic carbocycles. The minimum absolute atomic E-state index is 0.0851. The third kappa shape index (κ3) is 3.85. The fourth-order valence-corrected chi connectivity index (χ4v) is 1.55. The van der Waals surface area contributed by atoms with Gasteiger partial charge in [-0.25, -0.2) is 0 Å². The van der Waals surface area contributed by atoms with E-state index in [0.29, 0.717) is 17.8 Å². The van der Waals surface area contributed by atoms with Crippen LogP contribution in [0.2, 0.25) is 0 Å². The molecule has 0 radical (unpaired) electrons. The van der Waals surface area contributed by atoms with Crippen molar-refractivity contribution in [3.63, 3.8) is 0 Å². The zero-order valence-electron chi connectivity index (χ0n) is 8.06. The SMILES string of the molecule is CC(O)CCCNC(=O)c1cncs1. The van der Waals surface area contributed by atoms with Gasteiger partial charge in [-0.15, -0.1) is 11.3 Å². The monoisotopic (exact) mass is 214 g/mol. The van der Waals surface area contributed by atoms with Gasteiger partial charge in [0.1, 0.15) is 4.88 Å². The van der Waals surface area contributed by atoms with E-state index in [1.807, 2.05) is 0 Å². The van der Waals surface area contributed by atoms with E-state index >= 15 is 0 Å². The van der Waals surface area contributed by atoms with E-state index in [1.54, 1.807) is 18.6 Å². The van der Waals surface area contributed by atoms with Gasteiger partial charge in [0.15, 0.2) is 0 Å². The number of nitrogens with one attached hydrogen (secondary N) is 1. The van der Waals surface area contributed by atoms with Crippen LogP contribution in [-0.4, -0.2) is 28.6 Å². The number of rotatable bonds is 5. The molecule has 0 aliphatic heterocycles. The zero-order chi connectivity index (χ0) is 10.4. The highest BCUT2D eigenvalue weighted by Gasteiger charge is 2.05. The van der Waals surface area contributed by atoms with Gasteiger partial charge in [-0.2, -0.15) is 0 Å². The van der Waals surface area contributed by atoms with Crippen molar-refractivity contribution in [3.8, 4) is 0 Å². The number of aromatic nitrogens is 1. The molecule has 2 N–H and O–H groups in total. The Hall–Kier alpha value is -0.940. The quantitative estimate of drug-likeness (QED) is 0.720. The minimum atomic E-state index is -0.296. The molecule has 0 spiro atoms. The van der Waals surface area contributed by atoms with Gasteiger partial charge in [0, 0.05) is 6.54 Å². The topological polar surface area (TPSA) is 62.2 Å². The Labute approximate surface area is 87.0 Å². The third-order valence-electron chi connectivity index (χ3n) is 1.74. The highest BCUT2D eigenvalue weighted by Crippen LogP contribution is 2.04. The first-order chi connectivity index (χ1) is 6.70. The molecule has 1 heterocycles. The lowest BCUT2D eigenvalue weighted by Gasteiger charge is -2.04. The second-order valence-electron chi connectivity index (χ2n) is 3.11. The van der Waals surface area contributed by atoms with Crippen LogP contribution in [0.4, 0.5) is 0 Å². The standard InChI is InChI=1S/C9H14N2O2S/c1-7(12)3-2-4-11-9(13)8-5-10-6-14-8/h5-7,12H,2-4H2,1H3,(H,11,13). The van der Waals surface area contributed by atoms with Crippen LogP contribution in [0.25, 0.3) is 0 Å². The summed E-state index contributed by atoms with van der Waals surface area (Å²) in [7, 11) is 0. The number of aliphatic hydroxyl groups excluding tert-OH is 1. The lowest BCUT2D eigenvalue weighted by molar-refractivity contribution is 0.0953. The summed E-state index contributed by atoms with van der Waals surface area (Å²) in [4.78, 5) is 15.8. The van der Waals surface area contributed by atoms with Crippen molar-refractivity contribution in [2.75, 3.05) is 6.54 Å². The first kappa shape index (κ1) is 11.1. The number of hydrogen-bond acceptors (Lipinski definition) is 4. The Morgan fingerprint density at radius 2 is 2.57 bits per heavy atom. The lowest BCUT2D eigenvalue weighted by atomic mass is 10.2. The van der Waals surface area contributed by atoms with E-state index < -0.39 is 0 Å². The second-order valence-corrected chi connectivity index (χ2v) is 4.00. The molecule has 14 heavy (non-hydrogen) atoms. The Bertz CT molecular complexity index is 272. The molecule has 1 amide bonds. The molecule has 0 saturated heterocycles. The van der Waals surface area contributed by atoms with Gasteiger partial charge in [0.25, 0.3) is 5.91 Å². The van der Waals surface area contributed by atoms with Crippen LogP contribution in [0, 0.1) is 0 Å². The summed E-state index contributed by atoms with van der Waals surface area (Å²) in [5.74, 6) is -0.0851. The number of thiazole rings is 1. The van der Waals surface area contributed by atoms with E-state index in [-0.39, 0.29) is 12.0 Å². The first-order valence-electron chi connectivity index (χ1n) is 4.55. The summed E-state index contributed by atoms with van der Waals surface area (Å²) in [6.07, 6.45) is 2.76. The molecule has 4 nitrogen and oxygen atoms in total. The summed E-state index contributed by atoms with van der Waals surface area (Å²) >= 11 is 1.32. The molecular weight excluding hydrogens is 200 g/mol. The molecule has 0 bridgehead atoms. The van der Waals surface area contributed by atoms with Gasteiger partial charge < -0.3 is 10.4 Å². The van der Waals surface area contributed by atoms with Crippen molar-refractivity contribution in [2.24, 2.45) is 0 Å². The first-order valence-corrected chi connectivity index (χ1v) is 5.43. The van der Waals surface area contributed by atoms with Gasteiger partial charge in [0.2, 0.25) is 0 Å². The molecule has 0 aliphatic rings. The van der Waals surface area contributed by atoms with Gasteiger partial charge >= 0.3 is 0 Å². The van der Waals surface area contributed by atoms with E-state index in [9.17, 15) is 4.79 Å². The smallest absolute Gasteiger partial charge is 0.262 e. The van der Waals surface area contributed by atoms with Gasteiger partial charge in [-0.3, -0.25) is 9.78 Å². The molecule has 0 saturated carbocycles. The predicted molar refractivity (Wildman–Crippen MR) is 55.4 cm³/mol. The third-order valence-corrected chi connectivity index (χ3v) is 2.51. The number of amides is 1. The highest BCUT2D eigenvalue weighted by molar-refractivity contribution is 7.11. The normalized spacial score (nSPS) is 12.4. The van der Waals surface area contributed by atoms with Gasteiger partial charge in [0.05, 0.1) is 17.8 Å². The average Bonchev–Trinajstić information content (AvgIpc) is 2.64. The number of hydrogen-bond donors (Lipinski definition) is 2. The fourth-order valence-electron chi connectivity index (χ4n) is 1.01. The summed E-state index contributed by atoms with van der Waals surface area (Å²) in [6, 6.07) is 0. The number of carbonyl (C=O) groups excluding carboxylic acids is 1. The van der Waals surface area contributed by atoms with Crippen LogP contribution in [0.5, 0.6) is 0 Å². The molecule has 0 fully saturated rings. The van der Waals surface area contributed by atoms with Gasteiger partial charge in [-0.1, -0.05) is 0 Å². The second kappa shape index (κ2) is 5.72. The number of nitrogens with zero attached hydrogens (tertiary/aromatic N) is 1. The Morgan fingerprint density at radius 3 is 3.14 bits per heavy atom. The molecule has 78 valence electrons. The van der Waals surface area contributed by atoms with Crippen molar-refractivity contribution in [2.45, 2.75) is 25.9 Å². The minimum Gasteiger partial charge on any atom is -0.393 e. The number of aliphatic hydroxyl groups is 1. The molecule has 1 aromatic heterocycles. The summed E-state index contributed by atoms with van der Waals surface area (Å²) < 4.78 is 0. The largest absolute Gasteiger partial charge is 0.393 e. The molecule has 0 aromatic carbocycles. The van der Waals surface area contributed by atoms with Gasteiger partial charge in [-0.05, 0) is 19.8 Å². The van der Waals surface area contributed by atoms with Crippen molar-refractivity contribution >= 4 is 17.2 Å². The number of carbonyl (C=O) groups is 1. The Balaban J connectivity index is 2.16. The van der Waals surface area contributed by atoms with Crippen molar-refractivity contribution in [1.29, 1.82) is 0 Å². The van der Waals surface area contributed by atoms with Crippen molar-refractivity contribution < 1.29 is 9.90 Å². The Kier molecular flexibility index (Phi) is 4.55. The maximum atomic E-state index is 11.3. The maximum absolute atomic E-state index is 11.3. The fraction of sp³-hybridized carbons (Fsp3) is 0.556. The van der Waals surface area contributed by atoms with Crippen LogP contribution < -0.4 is 5.32 Å². The van der Waals surface area contributed by atoms with E-state index in [0.717, 1.165) is 6.42 Å². The predicted octanol–water partition coefficient (Wildman–Crippen LogP) is 1.03. The molecule has 5 heteroatoms. The summed E-state index contributed by atoms with van der Waals surface area (Å²) in [5.41, 5.74) is 1.63. The van der Waals surface area contributed by atoms with Crippen LogP contribution in [0.3, 0.4) is 0 Å². The van der Waals surface area contributed by atoms with Crippen LogP contribution >= 0.6 is 11.3 Å². The maximum Gasteiger partial charge on any atom is 0.262 e. The summed E-state index contributed by atoms with van der Waals surface area (Å²) in [6.45, 7) is 2.34. The van der Waals surface area contributed by atoms with E-state index in [1.165, 1.54) is 11.3 Å². The zero-order valence-corrected chi connectivity index (χ0v) is 8.88. The van der Waals surface area contributed by atoms with E-state index in [2.05, 4.69) is 10.3 Å². The molecular formula is C9H14N2O2S. The summed E-state index contributed by atoms with van der Waals surface area (Å²) in [5, 5.41) is 11.7. The van der Waals surface area contributed by atoms with E-state index in [4.69, 9.17) is 5.11 Å². The Morgan fingerprint density at radius 1 is 1.79 bits per heavy atom. The highest BCUT2D eigenvalue weighted by atomic mass is 32.1. The molecule has 1 atom stereocenters. The lowest BCUT2D eigenvalue weighted by Crippen LogP contribution is -2.24. The van der Waals surface area contributed by atoms with Crippen LogP contribution in [0.1, 0.15) is 29.4 Å². The molecule has 1 aromatic rings. The molecule has 1 rings (SSSR count). The van der Waals surface area contributed by atoms with Crippen LogP contribution in [0.15, 0.2) is 11.7 Å². The van der Waals surface area contributed by atoms with Crippen molar-refractivity contribution in [3.05, 3.63) is 16.6 Å². The molecule has 1 unspecified atom stereocenters. The average molecular weight is 214 g/mol.